The zero-order chi connectivity index (χ0) is 16.2. The Labute approximate surface area is 126 Å². The summed E-state index contributed by atoms with van der Waals surface area (Å²) in [6.07, 6.45) is -0.817. The predicted molar refractivity (Wildman–Crippen MR) is 77.7 cm³/mol. The predicted octanol–water partition coefficient (Wildman–Crippen LogP) is 2.06. The summed E-state index contributed by atoms with van der Waals surface area (Å²) in [4.78, 5) is 16.8. The molecule has 0 aliphatic heterocycles. The average molecular weight is 305 g/mol. The molecule has 0 aliphatic carbocycles. The fraction of sp³-hybridized carbons (Fsp3) is 0.417. The number of nitrogens with two attached hydrogens (primary N) is 1. The second-order valence-electron chi connectivity index (χ2n) is 4.08. The summed E-state index contributed by atoms with van der Waals surface area (Å²) in [6.45, 7) is -0.132. The van der Waals surface area contributed by atoms with Gasteiger partial charge in [-0.05, 0) is 28.8 Å². The number of carbonyl (C=O) groups excluding carboxylic acids is 1. The topological polar surface area (TPSA) is 159 Å². The van der Waals surface area contributed by atoms with Crippen LogP contribution in [0.2, 0.25) is 0 Å². The van der Waals surface area contributed by atoms with Gasteiger partial charge in [0, 0.05) is 16.4 Å². The highest BCUT2D eigenvalue weighted by atomic mass is 16.6. The number of hydrogen-bond donors (Lipinski definition) is 1. The van der Waals surface area contributed by atoms with Crippen molar-refractivity contribution in [2.45, 2.75) is 12.6 Å². The van der Waals surface area contributed by atoms with Gasteiger partial charge in [0.15, 0.2) is 6.61 Å². The maximum atomic E-state index is 11.6. The van der Waals surface area contributed by atoms with Crippen molar-refractivity contribution in [3.8, 4) is 5.75 Å². The number of rotatable bonds is 9. The van der Waals surface area contributed by atoms with E-state index in [0.29, 0.717) is 12.3 Å². The maximum absolute atomic E-state index is 11.6. The Balaban J connectivity index is 2.47. The van der Waals surface area contributed by atoms with Gasteiger partial charge >= 0.3 is 5.97 Å². The molecule has 0 radical (unpaired) electrons. The molecule has 0 amide bonds. The molecule has 0 aromatic heterocycles. The van der Waals surface area contributed by atoms with Gasteiger partial charge in [-0.2, -0.15) is 0 Å². The fourth-order valence-corrected chi connectivity index (χ4v) is 1.47. The van der Waals surface area contributed by atoms with Crippen molar-refractivity contribution in [1.29, 1.82) is 0 Å². The van der Waals surface area contributed by atoms with Gasteiger partial charge in [-0.3, -0.25) is 0 Å². The molecule has 0 heterocycles. The van der Waals surface area contributed by atoms with E-state index in [0.717, 1.165) is 5.56 Å². The van der Waals surface area contributed by atoms with Crippen LogP contribution in [0.5, 0.6) is 5.75 Å². The van der Waals surface area contributed by atoms with E-state index in [9.17, 15) is 4.79 Å². The standard InChI is InChI=1S/C12H15N7O3/c13-5-9-1-3-10(4-2-9)21-8-12(20)22-11(6-16-18-14)7-17-19-15/h1-4,11H,5-8,13H2. The van der Waals surface area contributed by atoms with Gasteiger partial charge in [-0.15, -0.1) is 0 Å². The Morgan fingerprint density at radius 3 is 2.27 bits per heavy atom. The summed E-state index contributed by atoms with van der Waals surface area (Å²) in [5.74, 6) is -0.162. The molecule has 0 bridgehead atoms. The molecule has 0 atom stereocenters. The molecule has 22 heavy (non-hydrogen) atoms. The summed E-state index contributed by atoms with van der Waals surface area (Å²) >= 11 is 0. The summed E-state index contributed by atoms with van der Waals surface area (Å²) in [6, 6.07) is 6.94. The lowest BCUT2D eigenvalue weighted by atomic mass is 10.2. The summed E-state index contributed by atoms with van der Waals surface area (Å²) in [7, 11) is 0. The van der Waals surface area contributed by atoms with E-state index in [4.69, 9.17) is 26.3 Å². The summed E-state index contributed by atoms with van der Waals surface area (Å²) in [5.41, 5.74) is 22.9. The minimum Gasteiger partial charge on any atom is -0.482 e. The maximum Gasteiger partial charge on any atom is 0.344 e. The Morgan fingerprint density at radius 1 is 1.18 bits per heavy atom. The van der Waals surface area contributed by atoms with E-state index >= 15 is 0 Å². The zero-order valence-electron chi connectivity index (χ0n) is 11.7. The quantitative estimate of drug-likeness (QED) is 0.320. The molecule has 10 heteroatoms. The molecule has 0 fully saturated rings. The Bertz CT molecular complexity index is 557. The monoisotopic (exact) mass is 305 g/mol. The van der Waals surface area contributed by atoms with Crippen molar-refractivity contribution >= 4 is 5.97 Å². The lowest BCUT2D eigenvalue weighted by molar-refractivity contribution is -0.150. The lowest BCUT2D eigenvalue weighted by Gasteiger charge is -2.14. The highest BCUT2D eigenvalue weighted by molar-refractivity contribution is 5.71. The van der Waals surface area contributed by atoms with Crippen molar-refractivity contribution in [3.05, 3.63) is 50.7 Å². The normalized spacial score (nSPS) is 10.8. The van der Waals surface area contributed by atoms with Crippen LogP contribution in [-0.4, -0.2) is 31.8 Å². The van der Waals surface area contributed by atoms with E-state index in [1.54, 1.807) is 24.3 Å². The number of hydrogen-bond acceptors (Lipinski definition) is 6. The number of ether oxygens (including phenoxy) is 2. The van der Waals surface area contributed by atoms with Crippen LogP contribution in [0.4, 0.5) is 0 Å². The van der Waals surface area contributed by atoms with Crippen LogP contribution in [0.3, 0.4) is 0 Å². The minimum absolute atomic E-state index is 0.119. The largest absolute Gasteiger partial charge is 0.482 e. The Hall–Kier alpha value is -2.93. The first-order valence-electron chi connectivity index (χ1n) is 6.32. The van der Waals surface area contributed by atoms with Crippen LogP contribution >= 0.6 is 0 Å². The first kappa shape index (κ1) is 17.1. The molecule has 116 valence electrons. The van der Waals surface area contributed by atoms with Gasteiger partial charge in [0.05, 0.1) is 13.1 Å². The SMILES string of the molecule is [N-]=[N+]=NCC(CN=[N+]=[N-])OC(=O)COc1ccc(CN)cc1. The third-order valence-corrected chi connectivity index (χ3v) is 2.51. The molecular formula is C12H15N7O3. The van der Waals surface area contributed by atoms with Crippen LogP contribution < -0.4 is 10.5 Å². The molecule has 0 spiro atoms. The van der Waals surface area contributed by atoms with E-state index in [-0.39, 0.29) is 19.7 Å². The number of carbonyl (C=O) groups is 1. The van der Waals surface area contributed by atoms with Gasteiger partial charge in [0.2, 0.25) is 0 Å². The van der Waals surface area contributed by atoms with E-state index in [2.05, 4.69) is 20.1 Å². The van der Waals surface area contributed by atoms with Crippen molar-refractivity contribution in [1.82, 2.24) is 0 Å². The van der Waals surface area contributed by atoms with Crippen LogP contribution in [0.15, 0.2) is 34.5 Å². The third-order valence-electron chi connectivity index (χ3n) is 2.51. The van der Waals surface area contributed by atoms with Gasteiger partial charge in [0.25, 0.3) is 0 Å². The van der Waals surface area contributed by atoms with Crippen LogP contribution in [-0.2, 0) is 16.1 Å². The molecule has 0 saturated heterocycles. The molecule has 10 nitrogen and oxygen atoms in total. The Kier molecular flexibility index (Phi) is 7.70. The van der Waals surface area contributed by atoms with E-state index in [1.807, 2.05) is 0 Å². The second kappa shape index (κ2) is 9.89. The fourth-order valence-electron chi connectivity index (χ4n) is 1.47. The number of esters is 1. The first-order chi connectivity index (χ1) is 10.7. The van der Waals surface area contributed by atoms with E-state index < -0.39 is 12.1 Å². The third kappa shape index (κ3) is 6.49. The molecule has 0 unspecified atom stereocenters. The molecule has 2 N–H and O–H groups in total. The van der Waals surface area contributed by atoms with E-state index in [1.165, 1.54) is 0 Å². The molecule has 0 aliphatic rings. The van der Waals surface area contributed by atoms with Gasteiger partial charge in [-0.25, -0.2) is 4.79 Å². The first-order valence-corrected chi connectivity index (χ1v) is 6.32. The minimum atomic E-state index is -0.817. The molecule has 0 saturated carbocycles. The molecule has 1 aromatic carbocycles. The van der Waals surface area contributed by atoms with Crippen LogP contribution in [0.25, 0.3) is 20.9 Å². The summed E-state index contributed by atoms with van der Waals surface area (Å²) < 4.78 is 10.3. The average Bonchev–Trinajstić information content (AvgIpc) is 2.55. The highest BCUT2D eigenvalue weighted by Crippen LogP contribution is 2.11. The lowest BCUT2D eigenvalue weighted by Crippen LogP contribution is -2.27. The molecular weight excluding hydrogens is 290 g/mol. The van der Waals surface area contributed by atoms with Crippen molar-refractivity contribution < 1.29 is 14.3 Å². The zero-order valence-corrected chi connectivity index (χ0v) is 11.7. The van der Waals surface area contributed by atoms with Gasteiger partial charge in [0.1, 0.15) is 11.9 Å². The smallest absolute Gasteiger partial charge is 0.344 e. The highest BCUT2D eigenvalue weighted by Gasteiger charge is 2.13. The van der Waals surface area contributed by atoms with Gasteiger partial charge < -0.3 is 15.2 Å². The second-order valence-corrected chi connectivity index (χ2v) is 4.08. The number of azide groups is 2. The van der Waals surface area contributed by atoms with Crippen LogP contribution in [0, 0.1) is 0 Å². The van der Waals surface area contributed by atoms with Crippen molar-refractivity contribution in [2.24, 2.45) is 16.0 Å². The summed E-state index contributed by atoms with van der Waals surface area (Å²) in [5, 5.41) is 6.57. The number of benzene rings is 1. The van der Waals surface area contributed by atoms with Crippen molar-refractivity contribution in [3.63, 3.8) is 0 Å². The number of nitrogens with zero attached hydrogens (tertiary/aromatic N) is 6. The van der Waals surface area contributed by atoms with Gasteiger partial charge in [-0.1, -0.05) is 22.4 Å². The van der Waals surface area contributed by atoms with Crippen LogP contribution in [0.1, 0.15) is 5.56 Å². The molecule has 1 aromatic rings. The van der Waals surface area contributed by atoms with Crippen molar-refractivity contribution in [2.75, 3.05) is 19.7 Å². The molecule has 1 rings (SSSR count). The Morgan fingerprint density at radius 2 is 1.77 bits per heavy atom.